The average Bonchev–Trinajstić information content (AvgIpc) is 3.18. The maximum atomic E-state index is 13.8. The zero-order chi connectivity index (χ0) is 21.9. The van der Waals surface area contributed by atoms with Crippen LogP contribution >= 0.6 is 7.52 Å². The number of benzene rings is 2. The molecule has 1 atom stereocenters. The van der Waals surface area contributed by atoms with Gasteiger partial charge in [0.25, 0.3) is 7.52 Å². The molecule has 0 saturated carbocycles. The van der Waals surface area contributed by atoms with Gasteiger partial charge in [0, 0.05) is 23.7 Å². The van der Waals surface area contributed by atoms with Crippen molar-refractivity contribution < 1.29 is 35.6 Å². The highest BCUT2D eigenvalue weighted by Gasteiger charge is 2.38. The highest BCUT2D eigenvalue weighted by molar-refractivity contribution is 7.65. The van der Waals surface area contributed by atoms with Crippen molar-refractivity contribution in [3.63, 3.8) is 0 Å². The number of hydrogen-bond acceptors (Lipinski definition) is 5. The quantitative estimate of drug-likeness (QED) is 0.419. The molecule has 0 aliphatic rings. The molecule has 2 aromatic carbocycles. The Morgan fingerprint density at radius 2 is 1.83 bits per heavy atom. The Bertz CT molecular complexity index is 1070. The summed E-state index contributed by atoms with van der Waals surface area (Å²) in [5.74, 6) is -3.32. The third-order valence-electron chi connectivity index (χ3n) is 3.94. The maximum Gasteiger partial charge on any atom is 0.471 e. The molecule has 1 heterocycles. The monoisotopic (exact) mass is 447 g/mol. The van der Waals surface area contributed by atoms with Gasteiger partial charge >= 0.3 is 12.1 Å². The first-order chi connectivity index (χ1) is 14.1. The van der Waals surface area contributed by atoms with Crippen LogP contribution in [-0.2, 0) is 21.8 Å². The lowest BCUT2D eigenvalue weighted by Crippen LogP contribution is -2.22. The Kier molecular flexibility index (Phi) is 6.35. The lowest BCUT2D eigenvalue weighted by molar-refractivity contribution is -0.159. The van der Waals surface area contributed by atoms with Gasteiger partial charge in [-0.05, 0) is 25.1 Å². The van der Waals surface area contributed by atoms with Crippen LogP contribution in [0.5, 0.6) is 0 Å². The molecule has 0 bridgehead atoms. The van der Waals surface area contributed by atoms with Crippen molar-refractivity contribution in [2.45, 2.75) is 19.6 Å². The lowest BCUT2D eigenvalue weighted by atomic mass is 10.2. The Morgan fingerprint density at radius 3 is 2.40 bits per heavy atom. The molecule has 30 heavy (non-hydrogen) atoms. The molecule has 0 spiro atoms. The normalized spacial score (nSPS) is 13.9. The summed E-state index contributed by atoms with van der Waals surface area (Å²) in [5.41, 5.74) is 0.282. The number of nitrogens with one attached hydrogen (secondary N) is 1. The fourth-order valence-corrected chi connectivity index (χ4v) is 4.22. The van der Waals surface area contributed by atoms with E-state index < -0.39 is 31.2 Å². The average molecular weight is 447 g/mol. The molecule has 1 unspecified atom stereocenters. The topological polar surface area (TPSA) is 77.2 Å². The third-order valence-corrected chi connectivity index (χ3v) is 6.11. The SMILES string of the molecule is CCOP(=O)(NCc1ccc(F)cc1F)c1ccc(-c2noc(C(F)(F)F)n2)cc1. The van der Waals surface area contributed by atoms with Gasteiger partial charge in [-0.1, -0.05) is 23.4 Å². The highest BCUT2D eigenvalue weighted by atomic mass is 31.2. The second kappa shape index (κ2) is 8.63. The summed E-state index contributed by atoms with van der Waals surface area (Å²) in [7, 11) is -3.66. The third kappa shape index (κ3) is 4.92. The fourth-order valence-electron chi connectivity index (χ4n) is 2.51. The summed E-state index contributed by atoms with van der Waals surface area (Å²) in [5, 5.41) is 6.12. The number of nitrogens with zero attached hydrogens (tertiary/aromatic N) is 2. The zero-order valence-corrected chi connectivity index (χ0v) is 16.3. The van der Waals surface area contributed by atoms with Gasteiger partial charge in [-0.15, -0.1) is 0 Å². The molecule has 1 N–H and O–H groups in total. The van der Waals surface area contributed by atoms with Gasteiger partial charge in [0.15, 0.2) is 0 Å². The molecule has 0 aliphatic carbocycles. The van der Waals surface area contributed by atoms with E-state index >= 15 is 0 Å². The van der Waals surface area contributed by atoms with Crippen molar-refractivity contribution in [1.29, 1.82) is 0 Å². The van der Waals surface area contributed by atoms with Gasteiger partial charge < -0.3 is 9.05 Å². The molecule has 0 fully saturated rings. The standard InChI is InChI=1S/C18H15F5N3O3P/c1-2-28-30(27,24-10-12-3-6-13(19)9-15(12)20)14-7-4-11(5-8-14)16-25-17(29-26-16)18(21,22)23/h3-9H,2,10H2,1H3,(H,24,27). The van der Waals surface area contributed by atoms with E-state index in [9.17, 15) is 26.5 Å². The Morgan fingerprint density at radius 1 is 1.13 bits per heavy atom. The Balaban J connectivity index is 1.81. The molecule has 0 saturated heterocycles. The van der Waals surface area contributed by atoms with Crippen molar-refractivity contribution in [2.24, 2.45) is 0 Å². The van der Waals surface area contributed by atoms with E-state index in [0.717, 1.165) is 6.07 Å². The minimum atomic E-state index is -4.77. The van der Waals surface area contributed by atoms with Crippen LogP contribution in [0.25, 0.3) is 11.4 Å². The summed E-state index contributed by atoms with van der Waals surface area (Å²) in [6.07, 6.45) is -4.77. The van der Waals surface area contributed by atoms with E-state index in [-0.39, 0.29) is 35.4 Å². The van der Waals surface area contributed by atoms with Crippen molar-refractivity contribution in [3.05, 3.63) is 65.6 Å². The Labute approximate surface area is 167 Å². The first-order valence-corrected chi connectivity index (χ1v) is 10.2. The molecule has 1 aromatic heterocycles. The van der Waals surface area contributed by atoms with Gasteiger partial charge in [-0.2, -0.15) is 18.2 Å². The van der Waals surface area contributed by atoms with Crippen molar-refractivity contribution >= 4 is 12.8 Å². The predicted molar refractivity (Wildman–Crippen MR) is 96.8 cm³/mol. The van der Waals surface area contributed by atoms with E-state index in [1.54, 1.807) is 6.92 Å². The lowest BCUT2D eigenvalue weighted by Gasteiger charge is -2.19. The van der Waals surface area contributed by atoms with Crippen molar-refractivity contribution in [2.75, 3.05) is 6.61 Å². The van der Waals surface area contributed by atoms with Gasteiger partial charge in [0.2, 0.25) is 5.82 Å². The number of alkyl halides is 3. The second-order valence-corrected chi connectivity index (χ2v) is 8.20. The van der Waals surface area contributed by atoms with E-state index in [1.807, 2.05) is 0 Å². The van der Waals surface area contributed by atoms with E-state index in [4.69, 9.17) is 4.52 Å². The minimum absolute atomic E-state index is 0.0672. The highest BCUT2D eigenvalue weighted by Crippen LogP contribution is 2.42. The molecule has 0 amide bonds. The Hall–Kier alpha value is -2.62. The van der Waals surface area contributed by atoms with Crippen LogP contribution in [-0.4, -0.2) is 16.7 Å². The van der Waals surface area contributed by atoms with Gasteiger partial charge in [-0.3, -0.25) is 4.57 Å². The van der Waals surface area contributed by atoms with Crippen LogP contribution < -0.4 is 10.4 Å². The first-order valence-electron chi connectivity index (χ1n) is 8.58. The van der Waals surface area contributed by atoms with Gasteiger partial charge in [0.1, 0.15) is 11.6 Å². The molecule has 0 aliphatic heterocycles. The van der Waals surface area contributed by atoms with Crippen molar-refractivity contribution in [3.8, 4) is 11.4 Å². The number of rotatable bonds is 7. The van der Waals surface area contributed by atoms with Crippen LogP contribution in [0, 0.1) is 11.6 Å². The van der Waals surface area contributed by atoms with Gasteiger partial charge in [0.05, 0.1) is 11.9 Å². The molecule has 3 rings (SSSR count). The number of hydrogen-bond donors (Lipinski definition) is 1. The summed E-state index contributed by atoms with van der Waals surface area (Å²) < 4.78 is 87.4. The van der Waals surface area contributed by atoms with Crippen LogP contribution in [0.1, 0.15) is 18.4 Å². The zero-order valence-electron chi connectivity index (χ0n) is 15.4. The summed E-state index contributed by atoms with van der Waals surface area (Å²) in [6, 6.07) is 8.43. The smallest absolute Gasteiger partial charge is 0.329 e. The van der Waals surface area contributed by atoms with Crippen LogP contribution in [0.4, 0.5) is 22.0 Å². The molecular weight excluding hydrogens is 432 g/mol. The van der Waals surface area contributed by atoms with Crippen LogP contribution in [0.15, 0.2) is 47.0 Å². The van der Waals surface area contributed by atoms with Crippen LogP contribution in [0.3, 0.4) is 0 Å². The molecule has 3 aromatic rings. The van der Waals surface area contributed by atoms with Crippen LogP contribution in [0.2, 0.25) is 0 Å². The second-order valence-electron chi connectivity index (χ2n) is 6.01. The van der Waals surface area contributed by atoms with E-state index in [2.05, 4.69) is 19.8 Å². The fraction of sp³-hybridized carbons (Fsp3) is 0.222. The minimum Gasteiger partial charge on any atom is -0.329 e. The first kappa shape index (κ1) is 22.1. The van der Waals surface area contributed by atoms with Crippen molar-refractivity contribution in [1.82, 2.24) is 15.2 Å². The largest absolute Gasteiger partial charge is 0.471 e. The summed E-state index contributed by atoms with van der Waals surface area (Å²) in [4.78, 5) is 3.28. The van der Waals surface area contributed by atoms with Gasteiger partial charge in [-0.25, -0.2) is 13.9 Å². The predicted octanol–water partition coefficient (Wildman–Crippen LogP) is 4.68. The molecule has 0 radical (unpaired) electrons. The molecule has 12 heteroatoms. The summed E-state index contributed by atoms with van der Waals surface area (Å²) in [6.45, 7) is 1.47. The van der Waals surface area contributed by atoms with E-state index in [0.29, 0.717) is 6.07 Å². The number of halogens is 5. The number of aromatic nitrogens is 2. The maximum absolute atomic E-state index is 13.8. The molecular formula is C18H15F5N3O3P. The summed E-state index contributed by atoms with van der Waals surface area (Å²) >= 11 is 0. The molecule has 6 nitrogen and oxygen atoms in total. The molecule has 160 valence electrons. The van der Waals surface area contributed by atoms with E-state index in [1.165, 1.54) is 30.3 Å².